The Morgan fingerprint density at radius 2 is 1.81 bits per heavy atom. The minimum atomic E-state index is -0.745. The molecule has 0 aliphatic heterocycles. The van der Waals surface area contributed by atoms with E-state index in [1.807, 2.05) is 49.4 Å². The fraction of sp³-hybridized carbons (Fsp3) is 0.190. The van der Waals surface area contributed by atoms with E-state index in [9.17, 15) is 9.59 Å². The van der Waals surface area contributed by atoms with Crippen LogP contribution in [0.1, 0.15) is 24.1 Å². The maximum absolute atomic E-state index is 12.5. The Hall–Kier alpha value is -2.92. The van der Waals surface area contributed by atoms with Crippen molar-refractivity contribution in [1.82, 2.24) is 15.1 Å². The second-order valence-electron chi connectivity index (χ2n) is 6.35. The van der Waals surface area contributed by atoms with Gasteiger partial charge in [0.1, 0.15) is 6.04 Å². The number of hydrogen-bond acceptors (Lipinski definition) is 3. The summed E-state index contributed by atoms with van der Waals surface area (Å²) in [6.07, 6.45) is 0. The summed E-state index contributed by atoms with van der Waals surface area (Å²) < 4.78 is 1.21. The predicted molar refractivity (Wildman–Crippen MR) is 107 cm³/mol. The van der Waals surface area contributed by atoms with Gasteiger partial charge in [-0.3, -0.25) is 9.59 Å². The zero-order valence-electron chi connectivity index (χ0n) is 15.1. The molecule has 27 heavy (non-hydrogen) atoms. The van der Waals surface area contributed by atoms with Gasteiger partial charge >= 0.3 is 0 Å². The molecule has 0 fully saturated rings. The molecule has 5 nitrogen and oxygen atoms in total. The number of carbonyl (C=O) groups excluding carboxylic acids is 1. The Morgan fingerprint density at radius 3 is 2.52 bits per heavy atom. The van der Waals surface area contributed by atoms with E-state index >= 15 is 0 Å². The number of benzene rings is 2. The van der Waals surface area contributed by atoms with Crippen LogP contribution in [0.25, 0.3) is 11.3 Å². The number of carbonyl (C=O) groups is 1. The summed E-state index contributed by atoms with van der Waals surface area (Å²) >= 11 is 6.11. The minimum Gasteiger partial charge on any atom is -0.350 e. The van der Waals surface area contributed by atoms with E-state index in [0.717, 1.165) is 16.7 Å². The maximum atomic E-state index is 12.5. The molecule has 1 aromatic heterocycles. The highest BCUT2D eigenvalue weighted by Crippen LogP contribution is 2.17. The molecule has 1 heterocycles. The first-order chi connectivity index (χ1) is 13.0. The van der Waals surface area contributed by atoms with Gasteiger partial charge in [-0.1, -0.05) is 59.6 Å². The Labute approximate surface area is 162 Å². The normalized spacial score (nSPS) is 11.8. The lowest BCUT2D eigenvalue weighted by atomic mass is 10.1. The number of aryl methyl sites for hydroxylation is 1. The van der Waals surface area contributed by atoms with Gasteiger partial charge in [-0.2, -0.15) is 5.10 Å². The van der Waals surface area contributed by atoms with Crippen molar-refractivity contribution in [2.75, 3.05) is 0 Å². The van der Waals surface area contributed by atoms with Crippen molar-refractivity contribution >= 4 is 17.5 Å². The van der Waals surface area contributed by atoms with E-state index in [2.05, 4.69) is 10.4 Å². The lowest BCUT2D eigenvalue weighted by molar-refractivity contribution is -0.124. The number of nitrogens with one attached hydrogen (secondary N) is 1. The highest BCUT2D eigenvalue weighted by Gasteiger charge is 2.18. The molecule has 3 aromatic rings. The Morgan fingerprint density at radius 1 is 1.11 bits per heavy atom. The Bertz CT molecular complexity index is 1010. The van der Waals surface area contributed by atoms with Crippen LogP contribution in [-0.2, 0) is 11.3 Å². The van der Waals surface area contributed by atoms with Gasteiger partial charge in [0.2, 0.25) is 5.91 Å². The molecule has 1 atom stereocenters. The third-order valence-corrected chi connectivity index (χ3v) is 4.70. The van der Waals surface area contributed by atoms with E-state index in [1.54, 1.807) is 19.1 Å². The quantitative estimate of drug-likeness (QED) is 0.732. The standard InChI is InChI=1S/C21H20ClN3O2/c1-14-7-9-16(10-8-14)19-11-12-20(26)25(24-19)15(2)21(27)23-13-17-5-3-4-6-18(17)22/h3-12,15H,13H2,1-2H3,(H,23,27)/t15-/m0/s1. The highest BCUT2D eigenvalue weighted by atomic mass is 35.5. The number of nitrogens with zero attached hydrogens (tertiary/aromatic N) is 2. The van der Waals surface area contributed by atoms with Gasteiger partial charge in [-0.25, -0.2) is 4.68 Å². The average molecular weight is 382 g/mol. The molecule has 0 aliphatic rings. The summed E-state index contributed by atoms with van der Waals surface area (Å²) in [4.78, 5) is 24.7. The van der Waals surface area contributed by atoms with Crippen LogP contribution < -0.4 is 10.9 Å². The largest absolute Gasteiger partial charge is 0.350 e. The van der Waals surface area contributed by atoms with E-state index in [1.165, 1.54) is 10.7 Å². The van der Waals surface area contributed by atoms with E-state index in [-0.39, 0.29) is 18.0 Å². The van der Waals surface area contributed by atoms with Gasteiger partial charge in [-0.05, 0) is 31.5 Å². The minimum absolute atomic E-state index is 0.287. The van der Waals surface area contributed by atoms with Gasteiger partial charge in [-0.15, -0.1) is 0 Å². The zero-order chi connectivity index (χ0) is 19.4. The summed E-state index contributed by atoms with van der Waals surface area (Å²) in [5.74, 6) is -0.300. The molecule has 138 valence electrons. The molecule has 0 aliphatic carbocycles. The van der Waals surface area contributed by atoms with Gasteiger partial charge in [0.15, 0.2) is 0 Å². The highest BCUT2D eigenvalue weighted by molar-refractivity contribution is 6.31. The van der Waals surface area contributed by atoms with E-state index in [0.29, 0.717) is 10.7 Å². The maximum Gasteiger partial charge on any atom is 0.267 e. The number of aromatic nitrogens is 2. The Balaban J connectivity index is 1.79. The molecule has 1 amide bonds. The summed E-state index contributed by atoms with van der Waals surface area (Å²) in [7, 11) is 0. The summed E-state index contributed by atoms with van der Waals surface area (Å²) in [5, 5.41) is 7.78. The first kappa shape index (κ1) is 18.9. The SMILES string of the molecule is Cc1ccc(-c2ccc(=O)n([C@@H](C)C(=O)NCc3ccccc3Cl)n2)cc1. The lowest BCUT2D eigenvalue weighted by Gasteiger charge is -2.15. The lowest BCUT2D eigenvalue weighted by Crippen LogP contribution is -2.36. The van der Waals surface area contributed by atoms with Crippen molar-refractivity contribution in [1.29, 1.82) is 0 Å². The number of hydrogen-bond donors (Lipinski definition) is 1. The summed E-state index contributed by atoms with van der Waals surface area (Å²) in [6, 6.07) is 17.5. The van der Waals surface area contributed by atoms with Crippen LogP contribution in [0.4, 0.5) is 0 Å². The molecule has 6 heteroatoms. The monoisotopic (exact) mass is 381 g/mol. The molecule has 0 saturated heterocycles. The van der Waals surface area contributed by atoms with Crippen LogP contribution >= 0.6 is 11.6 Å². The van der Waals surface area contributed by atoms with Gasteiger partial charge in [0, 0.05) is 23.2 Å². The molecule has 0 unspecified atom stereocenters. The third-order valence-electron chi connectivity index (χ3n) is 4.33. The second kappa shape index (κ2) is 8.18. The van der Waals surface area contributed by atoms with Crippen LogP contribution in [0.15, 0.2) is 65.5 Å². The van der Waals surface area contributed by atoms with Crippen molar-refractivity contribution in [2.45, 2.75) is 26.4 Å². The Kier molecular flexibility index (Phi) is 5.72. The fourth-order valence-electron chi connectivity index (χ4n) is 2.66. The average Bonchev–Trinajstić information content (AvgIpc) is 2.67. The molecule has 1 N–H and O–H groups in total. The summed E-state index contributed by atoms with van der Waals surface area (Å²) in [6.45, 7) is 3.94. The molecule has 0 radical (unpaired) electrons. The van der Waals surface area contributed by atoms with Crippen LogP contribution in [0.2, 0.25) is 5.02 Å². The summed E-state index contributed by atoms with van der Waals surface area (Å²) in [5.41, 5.74) is 3.15. The first-order valence-corrected chi connectivity index (χ1v) is 9.01. The van der Waals surface area contributed by atoms with Crippen LogP contribution in [0, 0.1) is 6.92 Å². The predicted octanol–water partition coefficient (Wildman–Crippen LogP) is 3.75. The van der Waals surface area contributed by atoms with Crippen LogP contribution in [0.3, 0.4) is 0 Å². The molecule has 0 bridgehead atoms. The molecular formula is C21H20ClN3O2. The van der Waals surface area contributed by atoms with Gasteiger partial charge < -0.3 is 5.32 Å². The molecular weight excluding hydrogens is 362 g/mol. The van der Waals surface area contributed by atoms with Crippen molar-refractivity contribution in [3.63, 3.8) is 0 Å². The van der Waals surface area contributed by atoms with Gasteiger partial charge in [0.05, 0.1) is 5.69 Å². The van der Waals surface area contributed by atoms with Crippen LogP contribution in [0.5, 0.6) is 0 Å². The molecule has 2 aromatic carbocycles. The molecule has 0 spiro atoms. The molecule has 0 saturated carbocycles. The zero-order valence-corrected chi connectivity index (χ0v) is 15.9. The first-order valence-electron chi connectivity index (χ1n) is 8.64. The van der Waals surface area contributed by atoms with Crippen molar-refractivity contribution < 1.29 is 4.79 Å². The molecule has 3 rings (SSSR count). The van der Waals surface area contributed by atoms with Crippen molar-refractivity contribution in [3.8, 4) is 11.3 Å². The number of rotatable bonds is 5. The van der Waals surface area contributed by atoms with E-state index in [4.69, 9.17) is 11.6 Å². The van der Waals surface area contributed by atoms with E-state index < -0.39 is 6.04 Å². The second-order valence-corrected chi connectivity index (χ2v) is 6.76. The topological polar surface area (TPSA) is 64.0 Å². The van der Waals surface area contributed by atoms with Gasteiger partial charge in [0.25, 0.3) is 5.56 Å². The van der Waals surface area contributed by atoms with Crippen molar-refractivity contribution in [2.24, 2.45) is 0 Å². The third kappa shape index (κ3) is 4.44. The van der Waals surface area contributed by atoms with Crippen LogP contribution in [-0.4, -0.2) is 15.7 Å². The number of amides is 1. The number of halogens is 1. The fourth-order valence-corrected chi connectivity index (χ4v) is 2.87. The van der Waals surface area contributed by atoms with Crippen molar-refractivity contribution in [3.05, 3.63) is 87.2 Å². The smallest absolute Gasteiger partial charge is 0.267 e.